The summed E-state index contributed by atoms with van der Waals surface area (Å²) in [4.78, 5) is 2.22. The van der Waals surface area contributed by atoms with Crippen molar-refractivity contribution in [2.24, 2.45) is 0 Å². The average molecular weight is 369 g/mol. The van der Waals surface area contributed by atoms with Crippen molar-refractivity contribution in [1.82, 2.24) is 0 Å². The number of anilines is 1. The van der Waals surface area contributed by atoms with E-state index in [1.165, 1.54) is 0 Å². The molecule has 2 aromatic carbocycles. The van der Waals surface area contributed by atoms with Gasteiger partial charge in [-0.2, -0.15) is 0 Å². The van der Waals surface area contributed by atoms with Crippen molar-refractivity contribution in [3.63, 3.8) is 0 Å². The van der Waals surface area contributed by atoms with Gasteiger partial charge in [0.2, 0.25) is 0 Å². The van der Waals surface area contributed by atoms with E-state index in [4.69, 9.17) is 9.47 Å². The molecule has 0 amide bonds. The van der Waals surface area contributed by atoms with Crippen LogP contribution in [-0.4, -0.2) is 46.9 Å². The van der Waals surface area contributed by atoms with E-state index in [1.807, 2.05) is 48.2 Å². The van der Waals surface area contributed by atoms with Crippen LogP contribution in [0.5, 0.6) is 11.5 Å². The molecule has 0 saturated heterocycles. The molecule has 1 atom stereocenters. The summed E-state index contributed by atoms with van der Waals surface area (Å²) in [5, 5.41) is 12.9. The minimum absolute atomic E-state index is 0.499. The normalized spacial score (nSPS) is 24.6. The van der Waals surface area contributed by atoms with Gasteiger partial charge in [0.1, 0.15) is 18.9 Å². The number of β-amino-alcohol motifs (C(OH)–C–C–N with tert-alkyl or cyclic N) is 1. The number of fused-ring (bicyclic) bond motifs is 1. The molecule has 3 heterocycles. The SMILES string of the molecule is OC1(c2ccc3c(c2)OCCO3)CN(c2ccccc2)C2=[N+]1CCCS2. The molecule has 0 fully saturated rings. The first-order valence-corrected chi connectivity index (χ1v) is 9.97. The van der Waals surface area contributed by atoms with Gasteiger partial charge in [0.25, 0.3) is 5.72 Å². The summed E-state index contributed by atoms with van der Waals surface area (Å²) in [6, 6.07) is 16.1. The van der Waals surface area contributed by atoms with Gasteiger partial charge < -0.3 is 14.6 Å². The van der Waals surface area contributed by atoms with E-state index in [0.29, 0.717) is 25.5 Å². The molecule has 0 aliphatic carbocycles. The van der Waals surface area contributed by atoms with E-state index < -0.39 is 5.72 Å². The van der Waals surface area contributed by atoms with Crippen LogP contribution in [0.3, 0.4) is 0 Å². The number of ether oxygens (including phenoxy) is 2. The van der Waals surface area contributed by atoms with Crippen LogP contribution in [0, 0.1) is 0 Å². The molecule has 5 rings (SSSR count). The molecule has 26 heavy (non-hydrogen) atoms. The summed E-state index contributed by atoms with van der Waals surface area (Å²) in [6.07, 6.45) is 1.06. The quantitative estimate of drug-likeness (QED) is 0.825. The van der Waals surface area contributed by atoms with E-state index >= 15 is 0 Å². The molecule has 0 bridgehead atoms. The van der Waals surface area contributed by atoms with Crippen molar-refractivity contribution in [2.75, 3.05) is 37.0 Å². The third-order valence-electron chi connectivity index (χ3n) is 5.12. The Labute approximate surface area is 156 Å². The third kappa shape index (κ3) is 2.47. The highest BCUT2D eigenvalue weighted by molar-refractivity contribution is 8.13. The molecular weight excluding hydrogens is 348 g/mol. The number of para-hydroxylation sites is 1. The summed E-state index contributed by atoms with van der Waals surface area (Å²) >= 11 is 1.82. The molecule has 2 aromatic rings. The predicted octanol–water partition coefficient (Wildman–Crippen LogP) is 2.63. The Morgan fingerprint density at radius 3 is 2.69 bits per heavy atom. The fourth-order valence-electron chi connectivity index (χ4n) is 3.85. The number of amidine groups is 1. The highest BCUT2D eigenvalue weighted by Gasteiger charge is 2.53. The van der Waals surface area contributed by atoms with Gasteiger partial charge in [-0.15, -0.1) is 0 Å². The Morgan fingerprint density at radius 1 is 1.04 bits per heavy atom. The minimum atomic E-state index is -1.07. The summed E-state index contributed by atoms with van der Waals surface area (Å²) < 4.78 is 13.5. The molecule has 0 radical (unpaired) electrons. The zero-order valence-corrected chi connectivity index (χ0v) is 15.2. The maximum absolute atomic E-state index is 11.7. The fourth-order valence-corrected chi connectivity index (χ4v) is 5.03. The van der Waals surface area contributed by atoms with Gasteiger partial charge in [0, 0.05) is 11.3 Å². The van der Waals surface area contributed by atoms with Gasteiger partial charge in [-0.25, -0.2) is 9.48 Å². The summed E-state index contributed by atoms with van der Waals surface area (Å²) in [6.45, 7) is 2.46. The van der Waals surface area contributed by atoms with Crippen molar-refractivity contribution < 1.29 is 19.2 Å². The molecule has 6 heteroatoms. The highest BCUT2D eigenvalue weighted by atomic mass is 32.2. The lowest BCUT2D eigenvalue weighted by Crippen LogP contribution is -2.41. The van der Waals surface area contributed by atoms with Crippen molar-refractivity contribution >= 4 is 22.6 Å². The Balaban J connectivity index is 1.59. The van der Waals surface area contributed by atoms with Gasteiger partial charge in [-0.3, -0.25) is 0 Å². The zero-order valence-electron chi connectivity index (χ0n) is 14.4. The lowest BCUT2D eigenvalue weighted by atomic mass is 10.0. The van der Waals surface area contributed by atoms with E-state index in [9.17, 15) is 5.11 Å². The molecule has 1 N–H and O–H groups in total. The van der Waals surface area contributed by atoms with Crippen molar-refractivity contribution in [3.8, 4) is 11.5 Å². The fraction of sp³-hybridized carbons (Fsp3) is 0.350. The second-order valence-electron chi connectivity index (χ2n) is 6.73. The summed E-state index contributed by atoms with van der Waals surface area (Å²) in [5.74, 6) is 2.54. The van der Waals surface area contributed by atoms with Gasteiger partial charge in [-0.1, -0.05) is 18.2 Å². The molecule has 0 saturated carbocycles. The first kappa shape index (κ1) is 16.0. The van der Waals surface area contributed by atoms with Crippen LogP contribution in [0.25, 0.3) is 0 Å². The summed E-state index contributed by atoms with van der Waals surface area (Å²) in [7, 11) is 0. The molecule has 1 unspecified atom stereocenters. The van der Waals surface area contributed by atoms with Crippen molar-refractivity contribution in [1.29, 1.82) is 0 Å². The maximum Gasteiger partial charge on any atom is 0.316 e. The molecule has 3 aliphatic heterocycles. The lowest BCUT2D eigenvalue weighted by Gasteiger charge is -2.26. The van der Waals surface area contributed by atoms with Crippen LogP contribution in [0.4, 0.5) is 5.69 Å². The lowest BCUT2D eigenvalue weighted by molar-refractivity contribution is -0.656. The largest absolute Gasteiger partial charge is 0.486 e. The van der Waals surface area contributed by atoms with Gasteiger partial charge in [0.15, 0.2) is 18.0 Å². The number of nitrogens with zero attached hydrogens (tertiary/aromatic N) is 2. The van der Waals surface area contributed by atoms with E-state index in [0.717, 1.165) is 40.9 Å². The van der Waals surface area contributed by atoms with E-state index in [1.54, 1.807) is 0 Å². The van der Waals surface area contributed by atoms with Crippen LogP contribution in [0.2, 0.25) is 0 Å². The number of thioether (sulfide) groups is 1. The number of hydrogen-bond acceptors (Lipinski definition) is 5. The Morgan fingerprint density at radius 2 is 1.85 bits per heavy atom. The van der Waals surface area contributed by atoms with Crippen LogP contribution in [0.1, 0.15) is 12.0 Å². The molecular formula is C20H21N2O3S+. The smallest absolute Gasteiger partial charge is 0.316 e. The maximum atomic E-state index is 11.7. The first-order valence-electron chi connectivity index (χ1n) is 8.98. The molecule has 134 valence electrons. The second-order valence-corrected chi connectivity index (χ2v) is 7.80. The Hall–Kier alpha value is -2.18. The number of benzene rings is 2. The van der Waals surface area contributed by atoms with Crippen LogP contribution >= 0.6 is 11.8 Å². The molecule has 0 aromatic heterocycles. The van der Waals surface area contributed by atoms with E-state index in [2.05, 4.69) is 21.6 Å². The van der Waals surface area contributed by atoms with Crippen LogP contribution < -0.4 is 14.4 Å². The molecule has 5 nitrogen and oxygen atoms in total. The average Bonchev–Trinajstić information content (AvgIpc) is 3.03. The van der Waals surface area contributed by atoms with Crippen LogP contribution in [-0.2, 0) is 5.72 Å². The predicted molar refractivity (Wildman–Crippen MR) is 102 cm³/mol. The van der Waals surface area contributed by atoms with Gasteiger partial charge in [0.05, 0.1) is 6.54 Å². The second kappa shape index (κ2) is 6.21. The third-order valence-corrected chi connectivity index (χ3v) is 6.31. The minimum Gasteiger partial charge on any atom is -0.486 e. The van der Waals surface area contributed by atoms with Gasteiger partial charge in [-0.05, 0) is 48.5 Å². The molecule has 3 aliphatic rings. The number of rotatable bonds is 2. The van der Waals surface area contributed by atoms with Crippen LogP contribution in [0.15, 0.2) is 48.5 Å². The monoisotopic (exact) mass is 369 g/mol. The van der Waals surface area contributed by atoms with Gasteiger partial charge >= 0.3 is 5.17 Å². The Bertz CT molecular complexity index is 871. The number of hydrogen-bond donors (Lipinski definition) is 1. The summed E-state index contributed by atoms with van der Waals surface area (Å²) in [5.41, 5.74) is 0.879. The van der Waals surface area contributed by atoms with E-state index in [-0.39, 0.29) is 0 Å². The Kier molecular flexibility index (Phi) is 3.83. The standard InChI is InChI=1S/C20H21N2O3S/c23-20(15-7-8-17-18(13-15)25-11-10-24-17)14-21(16-5-2-1-3-6-16)19-22(20)9-4-12-26-19/h1-3,5-8,13,23H,4,9-12,14H2/q+1. The molecule has 0 spiro atoms. The topological polar surface area (TPSA) is 44.9 Å². The zero-order chi connectivity index (χ0) is 17.6. The van der Waals surface area contributed by atoms with Crippen molar-refractivity contribution in [3.05, 3.63) is 54.1 Å². The first-order chi connectivity index (χ1) is 12.8. The number of aliphatic hydroxyl groups is 1. The van der Waals surface area contributed by atoms with Crippen molar-refractivity contribution in [2.45, 2.75) is 12.1 Å². The highest BCUT2D eigenvalue weighted by Crippen LogP contribution is 2.40.